The van der Waals surface area contributed by atoms with Crippen molar-refractivity contribution in [3.63, 3.8) is 0 Å². The molecule has 1 heterocycles. The van der Waals surface area contributed by atoms with Gasteiger partial charge in [0.2, 0.25) is 0 Å². The molecule has 6 heteroatoms. The van der Waals surface area contributed by atoms with E-state index in [-0.39, 0.29) is 5.57 Å². The average Bonchev–Trinajstić information content (AvgIpc) is 2.58. The van der Waals surface area contributed by atoms with E-state index in [0.717, 1.165) is 5.56 Å². The third-order valence-electron chi connectivity index (χ3n) is 3.40. The zero-order valence-corrected chi connectivity index (χ0v) is 12.6. The van der Waals surface area contributed by atoms with Crippen molar-refractivity contribution in [3.05, 3.63) is 71.3 Å². The average molecular weight is 322 g/mol. The van der Waals surface area contributed by atoms with E-state index in [1.54, 1.807) is 24.3 Å². The summed E-state index contributed by atoms with van der Waals surface area (Å²) < 4.78 is 5.78. The Morgan fingerprint density at radius 1 is 0.833 bits per heavy atom. The van der Waals surface area contributed by atoms with Gasteiger partial charge in [0, 0.05) is 5.56 Å². The first-order chi connectivity index (χ1) is 11.6. The molecule has 1 fully saturated rings. The van der Waals surface area contributed by atoms with Gasteiger partial charge in [-0.05, 0) is 17.7 Å². The van der Waals surface area contributed by atoms with E-state index in [4.69, 9.17) is 4.74 Å². The first-order valence-electron chi connectivity index (χ1n) is 7.27. The van der Waals surface area contributed by atoms with E-state index in [2.05, 4.69) is 0 Å². The van der Waals surface area contributed by atoms with Gasteiger partial charge >= 0.3 is 6.03 Å². The minimum atomic E-state index is -0.823. The predicted octanol–water partition coefficient (Wildman–Crippen LogP) is 2.01. The molecule has 2 N–H and O–H groups in total. The van der Waals surface area contributed by atoms with Crippen LogP contribution in [0.5, 0.6) is 5.75 Å². The topological polar surface area (TPSA) is 84.5 Å². The van der Waals surface area contributed by atoms with Gasteiger partial charge in [-0.25, -0.2) is 4.79 Å². The van der Waals surface area contributed by atoms with Crippen LogP contribution in [0.25, 0.3) is 6.08 Å². The van der Waals surface area contributed by atoms with Crippen LogP contribution in [0, 0.1) is 0 Å². The Labute approximate surface area is 138 Å². The van der Waals surface area contributed by atoms with E-state index in [9.17, 15) is 14.4 Å². The predicted molar refractivity (Wildman–Crippen MR) is 86.9 cm³/mol. The molecule has 120 valence electrons. The molecule has 0 saturated carbocycles. The fraction of sp³-hybridized carbons (Fsp3) is 0.0556. The lowest BCUT2D eigenvalue weighted by Gasteiger charge is -2.15. The lowest BCUT2D eigenvalue weighted by molar-refractivity contribution is -0.123. The number of rotatable bonds is 4. The van der Waals surface area contributed by atoms with Crippen LogP contribution >= 0.6 is 0 Å². The zero-order valence-electron chi connectivity index (χ0n) is 12.6. The molecule has 0 radical (unpaired) electrons. The first-order valence-corrected chi connectivity index (χ1v) is 7.27. The highest BCUT2D eigenvalue weighted by atomic mass is 16.5. The lowest BCUT2D eigenvalue weighted by Crippen LogP contribution is -2.51. The molecule has 0 atom stereocenters. The fourth-order valence-corrected chi connectivity index (χ4v) is 2.23. The maximum Gasteiger partial charge on any atom is 0.328 e. The SMILES string of the molecule is O=C1NC(=O)C(=Cc2ccccc2OCc2ccccc2)C(=O)N1. The van der Waals surface area contributed by atoms with Crippen LogP contribution in [0.3, 0.4) is 0 Å². The summed E-state index contributed by atoms with van der Waals surface area (Å²) in [6.07, 6.45) is 1.40. The van der Waals surface area contributed by atoms with Crippen molar-refractivity contribution in [1.29, 1.82) is 0 Å². The van der Waals surface area contributed by atoms with Gasteiger partial charge in [-0.2, -0.15) is 0 Å². The molecule has 3 rings (SSSR count). The molecule has 0 unspecified atom stereocenters. The van der Waals surface area contributed by atoms with E-state index >= 15 is 0 Å². The van der Waals surface area contributed by atoms with Crippen LogP contribution in [0.1, 0.15) is 11.1 Å². The number of barbiturate groups is 1. The number of amides is 4. The van der Waals surface area contributed by atoms with Crippen molar-refractivity contribution in [2.75, 3.05) is 0 Å². The third kappa shape index (κ3) is 3.49. The van der Waals surface area contributed by atoms with Gasteiger partial charge in [0.1, 0.15) is 17.9 Å². The Morgan fingerprint density at radius 3 is 2.17 bits per heavy atom. The number of hydrogen-bond acceptors (Lipinski definition) is 4. The Morgan fingerprint density at radius 2 is 1.46 bits per heavy atom. The van der Waals surface area contributed by atoms with Gasteiger partial charge in [-0.3, -0.25) is 20.2 Å². The number of imide groups is 2. The molecule has 0 spiro atoms. The van der Waals surface area contributed by atoms with E-state index in [1.165, 1.54) is 6.08 Å². The van der Waals surface area contributed by atoms with Gasteiger partial charge in [0.25, 0.3) is 11.8 Å². The van der Waals surface area contributed by atoms with Gasteiger partial charge in [-0.15, -0.1) is 0 Å². The number of urea groups is 1. The standard InChI is InChI=1S/C18H14N2O4/c21-16-14(17(22)20-18(23)19-16)10-13-8-4-5-9-15(13)24-11-12-6-2-1-3-7-12/h1-10H,11H2,(H2,19,20,21,22,23). The van der Waals surface area contributed by atoms with Crippen molar-refractivity contribution < 1.29 is 19.1 Å². The highest BCUT2D eigenvalue weighted by Gasteiger charge is 2.27. The Kier molecular flexibility index (Phi) is 4.38. The second-order valence-electron chi connectivity index (χ2n) is 5.11. The van der Waals surface area contributed by atoms with E-state index in [1.807, 2.05) is 41.0 Å². The largest absolute Gasteiger partial charge is 0.488 e. The molecule has 1 aliphatic rings. The highest BCUT2D eigenvalue weighted by Crippen LogP contribution is 2.22. The minimum Gasteiger partial charge on any atom is -0.488 e. The van der Waals surface area contributed by atoms with Gasteiger partial charge in [-0.1, -0.05) is 48.5 Å². The number of ether oxygens (including phenoxy) is 1. The molecular weight excluding hydrogens is 308 g/mol. The van der Waals surface area contributed by atoms with Crippen LogP contribution in [0.2, 0.25) is 0 Å². The molecule has 6 nitrogen and oxygen atoms in total. The molecule has 0 aromatic heterocycles. The van der Waals surface area contributed by atoms with Gasteiger partial charge < -0.3 is 4.74 Å². The van der Waals surface area contributed by atoms with Gasteiger partial charge in [0.15, 0.2) is 0 Å². The second kappa shape index (κ2) is 6.78. The van der Waals surface area contributed by atoms with Crippen LogP contribution in [-0.4, -0.2) is 17.8 Å². The van der Waals surface area contributed by atoms with Crippen molar-refractivity contribution in [2.24, 2.45) is 0 Å². The summed E-state index contributed by atoms with van der Waals surface area (Å²) in [4.78, 5) is 34.7. The monoisotopic (exact) mass is 322 g/mol. The molecule has 24 heavy (non-hydrogen) atoms. The number of para-hydroxylation sites is 1. The summed E-state index contributed by atoms with van der Waals surface area (Å²) in [7, 11) is 0. The van der Waals surface area contributed by atoms with Crippen LogP contribution in [0.15, 0.2) is 60.2 Å². The van der Waals surface area contributed by atoms with Crippen molar-refractivity contribution in [2.45, 2.75) is 6.61 Å². The molecule has 2 aromatic carbocycles. The number of carbonyl (C=O) groups is 3. The lowest BCUT2D eigenvalue weighted by atomic mass is 10.1. The van der Waals surface area contributed by atoms with Crippen molar-refractivity contribution >= 4 is 23.9 Å². The second-order valence-corrected chi connectivity index (χ2v) is 5.11. The Balaban J connectivity index is 1.84. The maximum atomic E-state index is 11.8. The quantitative estimate of drug-likeness (QED) is 0.666. The number of carbonyl (C=O) groups excluding carboxylic acids is 3. The van der Waals surface area contributed by atoms with E-state index in [0.29, 0.717) is 17.9 Å². The molecule has 2 aromatic rings. The van der Waals surface area contributed by atoms with Crippen LogP contribution in [0.4, 0.5) is 4.79 Å². The van der Waals surface area contributed by atoms with E-state index < -0.39 is 17.8 Å². The normalized spacial score (nSPS) is 14.0. The highest BCUT2D eigenvalue weighted by molar-refractivity contribution is 6.31. The Hall–Kier alpha value is -3.41. The minimum absolute atomic E-state index is 0.148. The third-order valence-corrected chi connectivity index (χ3v) is 3.40. The number of hydrogen-bond donors (Lipinski definition) is 2. The first kappa shape index (κ1) is 15.5. The van der Waals surface area contributed by atoms with Crippen LogP contribution in [-0.2, 0) is 16.2 Å². The molecule has 1 saturated heterocycles. The zero-order chi connectivity index (χ0) is 16.9. The summed E-state index contributed by atoms with van der Waals surface area (Å²) >= 11 is 0. The summed E-state index contributed by atoms with van der Waals surface area (Å²) in [6.45, 7) is 0.359. The van der Waals surface area contributed by atoms with Crippen LogP contribution < -0.4 is 15.4 Å². The summed E-state index contributed by atoms with van der Waals surface area (Å²) in [5.41, 5.74) is 1.42. The number of nitrogens with one attached hydrogen (secondary N) is 2. The Bertz CT molecular complexity index is 806. The maximum absolute atomic E-state index is 11.8. The van der Waals surface area contributed by atoms with Crippen molar-refractivity contribution in [3.8, 4) is 5.75 Å². The van der Waals surface area contributed by atoms with Crippen molar-refractivity contribution in [1.82, 2.24) is 10.6 Å². The van der Waals surface area contributed by atoms with Gasteiger partial charge in [0.05, 0.1) is 0 Å². The molecule has 1 aliphatic heterocycles. The summed E-state index contributed by atoms with van der Waals surface area (Å²) in [5, 5.41) is 4.08. The molecular formula is C18H14N2O4. The summed E-state index contributed by atoms with van der Waals surface area (Å²) in [6, 6.07) is 15.9. The number of benzene rings is 2. The smallest absolute Gasteiger partial charge is 0.328 e. The summed E-state index contributed by atoms with van der Waals surface area (Å²) in [5.74, 6) is -0.936. The fourth-order valence-electron chi connectivity index (χ4n) is 2.23. The molecule has 0 bridgehead atoms. The molecule has 0 aliphatic carbocycles. The molecule has 4 amide bonds.